The van der Waals surface area contributed by atoms with Crippen LogP contribution in [0.5, 0.6) is 0 Å². The fourth-order valence-corrected chi connectivity index (χ4v) is 5.58. The van der Waals surface area contributed by atoms with Crippen LogP contribution >= 0.6 is 23.1 Å². The number of rotatable bonds is 9. The Hall–Kier alpha value is -2.65. The summed E-state index contributed by atoms with van der Waals surface area (Å²) in [5, 5.41) is 12.8. The molecule has 0 spiro atoms. The van der Waals surface area contributed by atoms with Gasteiger partial charge >= 0.3 is 5.97 Å². The maximum absolute atomic E-state index is 12.8. The molecule has 0 radical (unpaired) electrons. The number of anilines is 1. The molecule has 1 saturated carbocycles. The molecular weight excluding hydrogens is 444 g/mol. The van der Waals surface area contributed by atoms with Gasteiger partial charge in [-0.05, 0) is 44.7 Å². The number of ether oxygens (including phenoxy) is 1. The Morgan fingerprint density at radius 3 is 2.62 bits per heavy atom. The summed E-state index contributed by atoms with van der Waals surface area (Å²) in [6, 6.07) is 9.83. The largest absolute Gasteiger partial charge is 0.462 e. The van der Waals surface area contributed by atoms with E-state index in [9.17, 15) is 9.59 Å². The number of aromatic nitrogens is 3. The molecule has 1 N–H and O–H groups in total. The number of carbonyl (C=O) groups excluding carboxylic acids is 2. The van der Waals surface area contributed by atoms with Gasteiger partial charge < -0.3 is 14.6 Å². The van der Waals surface area contributed by atoms with Crippen molar-refractivity contribution in [2.75, 3.05) is 17.7 Å². The SMILES string of the molecule is CCOC(=O)c1c(NC(=O)CSc2nnc(C3CC3)n2CC)sc(-c2ccccc2)c1C. The maximum atomic E-state index is 12.8. The Morgan fingerprint density at radius 2 is 1.97 bits per heavy atom. The summed E-state index contributed by atoms with van der Waals surface area (Å²) in [7, 11) is 0. The molecule has 0 saturated heterocycles. The molecule has 1 aliphatic carbocycles. The summed E-state index contributed by atoms with van der Waals surface area (Å²) < 4.78 is 7.35. The topological polar surface area (TPSA) is 86.1 Å². The van der Waals surface area contributed by atoms with E-state index in [1.54, 1.807) is 6.92 Å². The van der Waals surface area contributed by atoms with Crippen molar-refractivity contribution in [3.8, 4) is 10.4 Å². The Morgan fingerprint density at radius 1 is 1.22 bits per heavy atom. The molecule has 0 atom stereocenters. The van der Waals surface area contributed by atoms with Gasteiger partial charge in [0.25, 0.3) is 0 Å². The van der Waals surface area contributed by atoms with Crippen LogP contribution in [0.15, 0.2) is 35.5 Å². The number of thioether (sulfide) groups is 1. The number of esters is 1. The van der Waals surface area contributed by atoms with Crippen molar-refractivity contribution >= 4 is 40.0 Å². The van der Waals surface area contributed by atoms with Gasteiger partial charge in [0.1, 0.15) is 10.8 Å². The summed E-state index contributed by atoms with van der Waals surface area (Å²) in [5.41, 5.74) is 2.23. The molecule has 0 bridgehead atoms. The van der Waals surface area contributed by atoms with Gasteiger partial charge in [0.15, 0.2) is 5.16 Å². The third-order valence-electron chi connectivity index (χ3n) is 5.25. The Bertz CT molecular complexity index is 1120. The molecule has 168 valence electrons. The van der Waals surface area contributed by atoms with Crippen molar-refractivity contribution < 1.29 is 14.3 Å². The van der Waals surface area contributed by atoms with Crippen LogP contribution in [0.3, 0.4) is 0 Å². The van der Waals surface area contributed by atoms with Crippen molar-refractivity contribution in [1.29, 1.82) is 0 Å². The fourth-order valence-electron chi connectivity index (χ4n) is 3.56. The van der Waals surface area contributed by atoms with Crippen molar-refractivity contribution in [3.63, 3.8) is 0 Å². The second kappa shape index (κ2) is 9.87. The fraction of sp³-hybridized carbons (Fsp3) is 0.391. The lowest BCUT2D eigenvalue weighted by molar-refractivity contribution is -0.113. The van der Waals surface area contributed by atoms with E-state index in [1.165, 1.54) is 23.1 Å². The Balaban J connectivity index is 1.52. The summed E-state index contributed by atoms with van der Waals surface area (Å²) in [5.74, 6) is 1.08. The standard InChI is InChI=1S/C23H26N4O3S2/c1-4-27-20(16-11-12-16)25-26-23(27)31-13-17(28)24-21-18(22(29)30-5-2)14(3)19(32-21)15-9-7-6-8-10-15/h6-10,16H,4-5,11-13H2,1-3H3,(H,24,28). The molecule has 1 aliphatic rings. The van der Waals surface area contributed by atoms with E-state index in [2.05, 4.69) is 27.0 Å². The monoisotopic (exact) mass is 470 g/mol. The van der Waals surface area contributed by atoms with E-state index < -0.39 is 5.97 Å². The van der Waals surface area contributed by atoms with E-state index >= 15 is 0 Å². The van der Waals surface area contributed by atoms with Crippen LogP contribution in [0.1, 0.15) is 54.4 Å². The van der Waals surface area contributed by atoms with Crippen LogP contribution < -0.4 is 5.32 Å². The first-order valence-electron chi connectivity index (χ1n) is 10.7. The third-order valence-corrected chi connectivity index (χ3v) is 7.47. The highest BCUT2D eigenvalue weighted by Crippen LogP contribution is 2.41. The summed E-state index contributed by atoms with van der Waals surface area (Å²) in [6.07, 6.45) is 2.31. The molecule has 3 aromatic rings. The average molecular weight is 471 g/mol. The molecule has 32 heavy (non-hydrogen) atoms. The maximum Gasteiger partial charge on any atom is 0.341 e. The molecule has 1 aromatic carbocycles. The Labute approximate surface area is 195 Å². The number of amides is 1. The van der Waals surface area contributed by atoms with Gasteiger partial charge in [0.2, 0.25) is 5.91 Å². The number of carbonyl (C=O) groups is 2. The molecule has 1 fully saturated rings. The van der Waals surface area contributed by atoms with Crippen LogP contribution in [0.25, 0.3) is 10.4 Å². The van der Waals surface area contributed by atoms with Crippen molar-refractivity contribution in [3.05, 3.63) is 47.3 Å². The van der Waals surface area contributed by atoms with E-state index in [0.717, 1.165) is 46.4 Å². The van der Waals surface area contributed by atoms with Gasteiger partial charge in [0.05, 0.1) is 17.9 Å². The lowest BCUT2D eigenvalue weighted by Crippen LogP contribution is -2.17. The molecule has 2 heterocycles. The summed E-state index contributed by atoms with van der Waals surface area (Å²) >= 11 is 2.75. The van der Waals surface area contributed by atoms with Crippen molar-refractivity contribution in [2.45, 2.75) is 51.2 Å². The minimum Gasteiger partial charge on any atom is -0.462 e. The molecule has 4 rings (SSSR count). The van der Waals surface area contributed by atoms with Gasteiger partial charge in [-0.3, -0.25) is 4.79 Å². The molecular formula is C23H26N4O3S2. The second-order valence-electron chi connectivity index (χ2n) is 7.54. The molecule has 7 nitrogen and oxygen atoms in total. The molecule has 0 unspecified atom stereocenters. The predicted octanol–water partition coefficient (Wildman–Crippen LogP) is 5.12. The molecule has 9 heteroatoms. The van der Waals surface area contributed by atoms with Gasteiger partial charge in [-0.15, -0.1) is 21.5 Å². The summed E-state index contributed by atoms with van der Waals surface area (Å²) in [6.45, 7) is 6.77. The zero-order chi connectivity index (χ0) is 22.7. The lowest BCUT2D eigenvalue weighted by Gasteiger charge is -2.08. The highest BCUT2D eigenvalue weighted by molar-refractivity contribution is 7.99. The van der Waals surface area contributed by atoms with E-state index in [0.29, 0.717) is 16.5 Å². The number of benzene rings is 1. The second-order valence-corrected chi connectivity index (χ2v) is 9.51. The highest BCUT2D eigenvalue weighted by Gasteiger charge is 2.30. The number of hydrogen-bond acceptors (Lipinski definition) is 7. The minimum absolute atomic E-state index is 0.183. The average Bonchev–Trinajstić information content (AvgIpc) is 3.47. The van der Waals surface area contributed by atoms with Crippen LogP contribution in [-0.2, 0) is 16.1 Å². The van der Waals surface area contributed by atoms with Crippen molar-refractivity contribution in [1.82, 2.24) is 14.8 Å². The normalized spacial score (nSPS) is 13.2. The van der Waals surface area contributed by atoms with Crippen LogP contribution in [0.4, 0.5) is 5.00 Å². The van der Waals surface area contributed by atoms with Crippen LogP contribution in [0, 0.1) is 6.92 Å². The van der Waals surface area contributed by atoms with E-state index in [-0.39, 0.29) is 18.3 Å². The van der Waals surface area contributed by atoms with Gasteiger partial charge in [0, 0.05) is 17.3 Å². The minimum atomic E-state index is -0.425. The molecule has 2 aromatic heterocycles. The first-order chi connectivity index (χ1) is 15.5. The highest BCUT2D eigenvalue weighted by atomic mass is 32.2. The van der Waals surface area contributed by atoms with E-state index in [4.69, 9.17) is 4.74 Å². The quantitative estimate of drug-likeness (QED) is 0.345. The zero-order valence-electron chi connectivity index (χ0n) is 18.4. The predicted molar refractivity (Wildman–Crippen MR) is 127 cm³/mol. The zero-order valence-corrected chi connectivity index (χ0v) is 20.0. The van der Waals surface area contributed by atoms with Gasteiger partial charge in [-0.25, -0.2) is 4.79 Å². The van der Waals surface area contributed by atoms with Crippen LogP contribution in [-0.4, -0.2) is 39.0 Å². The summed E-state index contributed by atoms with van der Waals surface area (Å²) in [4.78, 5) is 26.4. The molecule has 0 aliphatic heterocycles. The van der Waals surface area contributed by atoms with Crippen LogP contribution in [0.2, 0.25) is 0 Å². The number of nitrogens with zero attached hydrogens (tertiary/aromatic N) is 3. The lowest BCUT2D eigenvalue weighted by atomic mass is 10.1. The van der Waals surface area contributed by atoms with Crippen molar-refractivity contribution in [2.24, 2.45) is 0 Å². The number of hydrogen-bond donors (Lipinski definition) is 1. The van der Waals surface area contributed by atoms with Gasteiger partial charge in [-0.1, -0.05) is 42.1 Å². The molecule has 1 amide bonds. The first kappa shape index (κ1) is 22.5. The van der Waals surface area contributed by atoms with E-state index in [1.807, 2.05) is 37.3 Å². The van der Waals surface area contributed by atoms with Gasteiger partial charge in [-0.2, -0.15) is 0 Å². The first-order valence-corrected chi connectivity index (χ1v) is 12.5. The Kier molecular flexibility index (Phi) is 6.95. The smallest absolute Gasteiger partial charge is 0.341 e. The third kappa shape index (κ3) is 4.73. The number of thiophene rings is 1. The number of nitrogens with one attached hydrogen (secondary N) is 1.